The van der Waals surface area contributed by atoms with Gasteiger partial charge in [0.15, 0.2) is 5.16 Å². The summed E-state index contributed by atoms with van der Waals surface area (Å²) in [6.45, 7) is 4.32. The van der Waals surface area contributed by atoms with Gasteiger partial charge in [-0.25, -0.2) is 4.98 Å². The molecule has 1 fully saturated rings. The van der Waals surface area contributed by atoms with Crippen molar-refractivity contribution in [2.45, 2.75) is 75.8 Å². The monoisotopic (exact) mass is 444 g/mol. The lowest BCUT2D eigenvalue weighted by atomic mass is 9.68. The Morgan fingerprint density at radius 3 is 2.56 bits per heavy atom. The SMILES string of the molecule is CCCCCSc1nc2c(c(=O)n1-c1ccccc1C)C1(CCCC1)Cc1ccccc1-2. The van der Waals surface area contributed by atoms with Crippen molar-refractivity contribution in [2.75, 3.05) is 5.75 Å². The molecule has 1 heterocycles. The number of fused-ring (bicyclic) bond motifs is 4. The molecule has 0 radical (unpaired) electrons. The number of hydrogen-bond acceptors (Lipinski definition) is 3. The first kappa shape index (κ1) is 21.5. The number of nitrogens with zero attached hydrogens (tertiary/aromatic N) is 2. The highest BCUT2D eigenvalue weighted by molar-refractivity contribution is 7.99. The topological polar surface area (TPSA) is 34.9 Å². The molecule has 166 valence electrons. The summed E-state index contributed by atoms with van der Waals surface area (Å²) in [4.78, 5) is 19.6. The zero-order valence-corrected chi connectivity index (χ0v) is 20.0. The third-order valence-electron chi connectivity index (χ3n) is 7.28. The van der Waals surface area contributed by atoms with Gasteiger partial charge < -0.3 is 0 Å². The first-order valence-corrected chi connectivity index (χ1v) is 13.1. The Morgan fingerprint density at radius 2 is 1.78 bits per heavy atom. The fraction of sp³-hybridized carbons (Fsp3) is 0.429. The van der Waals surface area contributed by atoms with Crippen molar-refractivity contribution in [2.24, 2.45) is 0 Å². The number of benzene rings is 2. The summed E-state index contributed by atoms with van der Waals surface area (Å²) >= 11 is 1.74. The van der Waals surface area contributed by atoms with Crippen molar-refractivity contribution in [3.05, 3.63) is 75.6 Å². The van der Waals surface area contributed by atoms with Gasteiger partial charge in [-0.2, -0.15) is 0 Å². The lowest BCUT2D eigenvalue weighted by Crippen LogP contribution is -2.40. The maximum atomic E-state index is 14.4. The molecule has 1 aromatic heterocycles. The molecule has 5 rings (SSSR count). The van der Waals surface area contributed by atoms with Crippen LogP contribution in [0.2, 0.25) is 0 Å². The number of aryl methyl sites for hydroxylation is 1. The molecule has 1 saturated carbocycles. The highest BCUT2D eigenvalue weighted by Crippen LogP contribution is 2.50. The normalized spacial score (nSPS) is 16.2. The fourth-order valence-corrected chi connectivity index (χ4v) is 6.65. The molecule has 2 aliphatic rings. The molecular formula is C28H32N2OS. The average Bonchev–Trinajstić information content (AvgIpc) is 3.26. The van der Waals surface area contributed by atoms with Crippen molar-refractivity contribution in [3.63, 3.8) is 0 Å². The first-order valence-electron chi connectivity index (χ1n) is 12.1. The number of unbranched alkanes of at least 4 members (excludes halogenated alkanes) is 2. The van der Waals surface area contributed by atoms with Gasteiger partial charge >= 0.3 is 0 Å². The molecule has 3 nitrogen and oxygen atoms in total. The second-order valence-corrected chi connectivity index (χ2v) is 10.5. The van der Waals surface area contributed by atoms with E-state index in [1.54, 1.807) is 11.8 Å². The third kappa shape index (κ3) is 3.63. The van der Waals surface area contributed by atoms with Crippen molar-refractivity contribution in [1.29, 1.82) is 0 Å². The van der Waals surface area contributed by atoms with E-state index in [9.17, 15) is 4.79 Å². The van der Waals surface area contributed by atoms with Gasteiger partial charge in [0.2, 0.25) is 0 Å². The number of hydrogen-bond donors (Lipinski definition) is 0. The summed E-state index contributed by atoms with van der Waals surface area (Å²) in [6.07, 6.45) is 9.06. The Balaban J connectivity index is 1.76. The number of rotatable bonds is 6. The molecule has 1 spiro atoms. The van der Waals surface area contributed by atoms with Crippen LogP contribution < -0.4 is 5.56 Å². The molecule has 0 saturated heterocycles. The van der Waals surface area contributed by atoms with Crippen molar-refractivity contribution in [1.82, 2.24) is 9.55 Å². The molecule has 0 amide bonds. The molecule has 4 heteroatoms. The van der Waals surface area contributed by atoms with Gasteiger partial charge in [-0.05, 0) is 49.8 Å². The van der Waals surface area contributed by atoms with Crippen LogP contribution in [0.3, 0.4) is 0 Å². The van der Waals surface area contributed by atoms with Crippen molar-refractivity contribution < 1.29 is 0 Å². The minimum absolute atomic E-state index is 0.0659. The maximum Gasteiger partial charge on any atom is 0.263 e. The van der Waals surface area contributed by atoms with Gasteiger partial charge in [-0.1, -0.05) is 86.8 Å². The van der Waals surface area contributed by atoms with Crippen LogP contribution in [0.4, 0.5) is 0 Å². The van der Waals surface area contributed by atoms with E-state index in [2.05, 4.69) is 50.2 Å². The van der Waals surface area contributed by atoms with Gasteiger partial charge in [0.1, 0.15) is 0 Å². The van der Waals surface area contributed by atoms with Gasteiger partial charge in [0, 0.05) is 16.7 Å². The number of aromatic nitrogens is 2. The van der Waals surface area contributed by atoms with Crippen LogP contribution in [-0.4, -0.2) is 15.3 Å². The Hall–Kier alpha value is -2.33. The molecular weight excluding hydrogens is 412 g/mol. The predicted molar refractivity (Wildman–Crippen MR) is 134 cm³/mol. The van der Waals surface area contributed by atoms with E-state index < -0.39 is 0 Å². The lowest BCUT2D eigenvalue weighted by Gasteiger charge is -2.36. The first-order chi connectivity index (χ1) is 15.6. The zero-order valence-electron chi connectivity index (χ0n) is 19.2. The summed E-state index contributed by atoms with van der Waals surface area (Å²) in [6, 6.07) is 16.8. The van der Waals surface area contributed by atoms with E-state index in [-0.39, 0.29) is 11.0 Å². The van der Waals surface area contributed by atoms with Gasteiger partial charge in [0.25, 0.3) is 5.56 Å². The van der Waals surface area contributed by atoms with E-state index in [0.717, 1.165) is 64.7 Å². The average molecular weight is 445 g/mol. The summed E-state index contributed by atoms with van der Waals surface area (Å²) in [5.74, 6) is 0.984. The maximum absolute atomic E-state index is 14.4. The number of para-hydroxylation sites is 1. The summed E-state index contributed by atoms with van der Waals surface area (Å²) in [5, 5.41) is 0.837. The van der Waals surface area contributed by atoms with Crippen LogP contribution in [0, 0.1) is 6.92 Å². The highest BCUT2D eigenvalue weighted by Gasteiger charge is 2.44. The van der Waals surface area contributed by atoms with Gasteiger partial charge in [0.05, 0.1) is 16.9 Å². The van der Waals surface area contributed by atoms with Crippen LogP contribution in [0.5, 0.6) is 0 Å². The van der Waals surface area contributed by atoms with Gasteiger partial charge in [-0.15, -0.1) is 0 Å². The Bertz CT molecular complexity index is 1190. The summed E-state index contributed by atoms with van der Waals surface area (Å²) in [7, 11) is 0. The molecule has 0 atom stereocenters. The summed E-state index contributed by atoms with van der Waals surface area (Å²) in [5.41, 5.74) is 6.59. The van der Waals surface area contributed by atoms with E-state index in [4.69, 9.17) is 4.98 Å². The quantitative estimate of drug-likeness (QED) is 0.237. The van der Waals surface area contributed by atoms with E-state index in [0.29, 0.717) is 0 Å². The molecule has 2 aromatic carbocycles. The van der Waals surface area contributed by atoms with E-state index in [1.807, 2.05) is 16.7 Å². The van der Waals surface area contributed by atoms with Crippen molar-refractivity contribution in [3.8, 4) is 16.9 Å². The second-order valence-electron chi connectivity index (χ2n) is 9.42. The van der Waals surface area contributed by atoms with E-state index in [1.165, 1.54) is 31.2 Å². The molecule has 0 N–H and O–H groups in total. The number of thioether (sulfide) groups is 1. The molecule has 3 aromatic rings. The Morgan fingerprint density at radius 1 is 1.03 bits per heavy atom. The lowest BCUT2D eigenvalue weighted by molar-refractivity contribution is 0.422. The Kier molecular flexibility index (Phi) is 5.98. The summed E-state index contributed by atoms with van der Waals surface area (Å²) < 4.78 is 1.93. The largest absolute Gasteiger partial charge is 0.268 e. The molecule has 0 aliphatic heterocycles. The van der Waals surface area contributed by atoms with Crippen LogP contribution in [0.15, 0.2) is 58.5 Å². The van der Waals surface area contributed by atoms with Crippen LogP contribution in [0.1, 0.15) is 68.6 Å². The van der Waals surface area contributed by atoms with Gasteiger partial charge in [-0.3, -0.25) is 9.36 Å². The van der Waals surface area contributed by atoms with Crippen molar-refractivity contribution >= 4 is 11.8 Å². The van der Waals surface area contributed by atoms with Crippen LogP contribution in [0.25, 0.3) is 16.9 Å². The Labute approximate surface area is 195 Å². The molecule has 0 unspecified atom stereocenters. The molecule has 0 bridgehead atoms. The third-order valence-corrected chi connectivity index (χ3v) is 8.31. The van der Waals surface area contributed by atoms with Crippen LogP contribution in [-0.2, 0) is 11.8 Å². The highest BCUT2D eigenvalue weighted by atomic mass is 32.2. The fourth-order valence-electron chi connectivity index (χ4n) is 5.65. The van der Waals surface area contributed by atoms with E-state index >= 15 is 0 Å². The zero-order chi connectivity index (χ0) is 22.1. The molecule has 32 heavy (non-hydrogen) atoms. The minimum Gasteiger partial charge on any atom is -0.268 e. The smallest absolute Gasteiger partial charge is 0.263 e. The predicted octanol–water partition coefficient (Wildman–Crippen LogP) is 6.86. The van der Waals surface area contributed by atoms with Crippen LogP contribution >= 0.6 is 11.8 Å². The second kappa shape index (κ2) is 8.90. The molecule has 2 aliphatic carbocycles. The standard InChI is InChI=1S/C28H32N2OS/c1-3-4-11-18-32-27-29-25-22-14-7-6-13-21(22)19-28(16-9-10-17-28)24(25)26(31)30(27)23-15-8-5-12-20(23)2/h5-8,12-15H,3-4,9-11,16-19H2,1-2H3. The minimum atomic E-state index is -0.0659.